The molecular formula is C10H15ClN2O4S. The van der Waals surface area contributed by atoms with Crippen molar-refractivity contribution in [2.24, 2.45) is 0 Å². The lowest BCUT2D eigenvalue weighted by atomic mass is 10.2. The lowest BCUT2D eigenvalue weighted by Crippen LogP contribution is -2.37. The topological polar surface area (TPSA) is 89.0 Å². The second-order valence-corrected chi connectivity index (χ2v) is 6.65. The number of nitrogens with zero attached hydrogens (tertiary/aromatic N) is 1. The summed E-state index contributed by atoms with van der Waals surface area (Å²) >= 11 is 5.75. The van der Waals surface area contributed by atoms with E-state index in [1.807, 2.05) is 0 Å². The second-order valence-electron chi connectivity index (χ2n) is 4.02. The zero-order valence-electron chi connectivity index (χ0n) is 10.2. The van der Waals surface area contributed by atoms with Gasteiger partial charge in [-0.05, 0) is 12.8 Å². The molecule has 0 spiro atoms. The van der Waals surface area contributed by atoms with Crippen LogP contribution in [0.15, 0.2) is 9.59 Å². The van der Waals surface area contributed by atoms with Gasteiger partial charge in [0.15, 0.2) is 0 Å². The Hall–Kier alpha value is -1.08. The van der Waals surface area contributed by atoms with Crippen LogP contribution in [0.25, 0.3) is 0 Å². The molecule has 1 aromatic rings. The van der Waals surface area contributed by atoms with Crippen LogP contribution in [0.5, 0.6) is 0 Å². The highest BCUT2D eigenvalue weighted by molar-refractivity contribution is 7.90. The first-order valence-electron chi connectivity index (χ1n) is 5.45. The van der Waals surface area contributed by atoms with Crippen LogP contribution in [-0.4, -0.2) is 30.0 Å². The lowest BCUT2D eigenvalue weighted by molar-refractivity contribution is 0.579. The highest BCUT2D eigenvalue weighted by atomic mass is 35.5. The third-order valence-electron chi connectivity index (χ3n) is 2.48. The molecule has 102 valence electrons. The standard InChI is InChI=1S/C10H15ClN2O4S/c1-3-7-8(11)12-10(15)13(9(7)14)5-4-6-18(2,16)17/h3-6H2,1-2H3,(H,12,15). The molecule has 0 aliphatic heterocycles. The maximum atomic E-state index is 11.9. The highest BCUT2D eigenvalue weighted by Gasteiger charge is 2.11. The fraction of sp³-hybridized carbons (Fsp3) is 0.600. The van der Waals surface area contributed by atoms with Crippen LogP contribution in [0.4, 0.5) is 0 Å². The van der Waals surface area contributed by atoms with Gasteiger partial charge in [0.05, 0.1) is 11.3 Å². The quantitative estimate of drug-likeness (QED) is 0.785. The summed E-state index contributed by atoms with van der Waals surface area (Å²) in [6.45, 7) is 1.81. The number of hydrogen-bond donors (Lipinski definition) is 1. The van der Waals surface area contributed by atoms with Gasteiger partial charge in [-0.25, -0.2) is 13.2 Å². The number of rotatable bonds is 5. The highest BCUT2D eigenvalue weighted by Crippen LogP contribution is 2.05. The first kappa shape index (κ1) is 15.0. The zero-order valence-corrected chi connectivity index (χ0v) is 11.8. The predicted molar refractivity (Wildman–Crippen MR) is 70.0 cm³/mol. The van der Waals surface area contributed by atoms with Crippen molar-refractivity contribution in [2.75, 3.05) is 12.0 Å². The van der Waals surface area contributed by atoms with Crippen LogP contribution in [0.1, 0.15) is 18.9 Å². The summed E-state index contributed by atoms with van der Waals surface area (Å²) in [6.07, 6.45) is 1.73. The van der Waals surface area contributed by atoms with Gasteiger partial charge in [0.2, 0.25) is 0 Å². The number of aromatic amines is 1. The van der Waals surface area contributed by atoms with E-state index in [-0.39, 0.29) is 23.9 Å². The molecule has 0 unspecified atom stereocenters. The van der Waals surface area contributed by atoms with E-state index in [9.17, 15) is 18.0 Å². The summed E-state index contributed by atoms with van der Waals surface area (Å²) in [5.74, 6) is -0.0665. The molecule has 0 saturated carbocycles. The number of nitrogens with one attached hydrogen (secondary N) is 1. The van der Waals surface area contributed by atoms with E-state index < -0.39 is 21.1 Å². The molecule has 0 saturated heterocycles. The Balaban J connectivity index is 3.04. The monoisotopic (exact) mass is 294 g/mol. The fourth-order valence-electron chi connectivity index (χ4n) is 1.58. The van der Waals surface area contributed by atoms with Gasteiger partial charge in [-0.2, -0.15) is 0 Å². The Morgan fingerprint density at radius 1 is 1.33 bits per heavy atom. The van der Waals surface area contributed by atoms with E-state index in [1.54, 1.807) is 6.92 Å². The minimum Gasteiger partial charge on any atom is -0.297 e. The van der Waals surface area contributed by atoms with Crippen LogP contribution in [-0.2, 0) is 22.8 Å². The van der Waals surface area contributed by atoms with Gasteiger partial charge in [-0.15, -0.1) is 0 Å². The van der Waals surface area contributed by atoms with E-state index in [2.05, 4.69) is 4.98 Å². The van der Waals surface area contributed by atoms with Crippen LogP contribution >= 0.6 is 11.6 Å². The van der Waals surface area contributed by atoms with Gasteiger partial charge in [0, 0.05) is 12.8 Å². The van der Waals surface area contributed by atoms with E-state index in [4.69, 9.17) is 11.6 Å². The van der Waals surface area contributed by atoms with Crippen molar-refractivity contribution >= 4 is 21.4 Å². The van der Waals surface area contributed by atoms with Gasteiger partial charge in [-0.3, -0.25) is 14.3 Å². The molecule has 1 aromatic heterocycles. The molecule has 6 nitrogen and oxygen atoms in total. The van der Waals surface area contributed by atoms with Gasteiger partial charge in [-0.1, -0.05) is 18.5 Å². The molecular weight excluding hydrogens is 280 g/mol. The van der Waals surface area contributed by atoms with Crippen molar-refractivity contribution in [2.45, 2.75) is 26.3 Å². The largest absolute Gasteiger partial charge is 0.329 e. The molecule has 0 fully saturated rings. The first-order valence-corrected chi connectivity index (χ1v) is 7.89. The number of sulfone groups is 1. The third kappa shape index (κ3) is 3.71. The van der Waals surface area contributed by atoms with Crippen molar-refractivity contribution in [1.29, 1.82) is 0 Å². The van der Waals surface area contributed by atoms with Gasteiger partial charge < -0.3 is 0 Å². The number of H-pyrrole nitrogens is 1. The van der Waals surface area contributed by atoms with Crippen molar-refractivity contribution in [3.63, 3.8) is 0 Å². The number of hydrogen-bond acceptors (Lipinski definition) is 4. The Bertz CT molecular complexity index is 645. The van der Waals surface area contributed by atoms with E-state index in [0.29, 0.717) is 12.0 Å². The second kappa shape index (κ2) is 5.71. The van der Waals surface area contributed by atoms with Crippen molar-refractivity contribution in [3.05, 3.63) is 31.6 Å². The maximum absolute atomic E-state index is 11.9. The van der Waals surface area contributed by atoms with Crippen LogP contribution in [0, 0.1) is 0 Å². The zero-order chi connectivity index (χ0) is 13.9. The number of aromatic nitrogens is 2. The summed E-state index contributed by atoms with van der Waals surface area (Å²) in [5.41, 5.74) is -0.744. The number of halogens is 1. The molecule has 0 radical (unpaired) electrons. The fourth-order valence-corrected chi connectivity index (χ4v) is 2.53. The Labute approximate surface area is 110 Å². The molecule has 1 heterocycles. The summed E-state index contributed by atoms with van der Waals surface area (Å²) in [4.78, 5) is 25.8. The van der Waals surface area contributed by atoms with E-state index in [0.717, 1.165) is 10.8 Å². The normalized spacial score (nSPS) is 11.7. The Morgan fingerprint density at radius 3 is 2.44 bits per heavy atom. The molecule has 8 heteroatoms. The van der Waals surface area contributed by atoms with Crippen molar-refractivity contribution in [1.82, 2.24) is 9.55 Å². The van der Waals surface area contributed by atoms with Gasteiger partial charge >= 0.3 is 5.69 Å². The smallest absolute Gasteiger partial charge is 0.297 e. The minimum atomic E-state index is -3.10. The van der Waals surface area contributed by atoms with Gasteiger partial charge in [0.25, 0.3) is 5.56 Å². The molecule has 18 heavy (non-hydrogen) atoms. The molecule has 0 atom stereocenters. The molecule has 0 amide bonds. The first-order chi connectivity index (χ1) is 8.26. The summed E-state index contributed by atoms with van der Waals surface area (Å²) in [5, 5.41) is 0.0480. The summed E-state index contributed by atoms with van der Waals surface area (Å²) in [7, 11) is -3.10. The van der Waals surface area contributed by atoms with Gasteiger partial charge in [0.1, 0.15) is 15.0 Å². The van der Waals surface area contributed by atoms with E-state index >= 15 is 0 Å². The lowest BCUT2D eigenvalue weighted by Gasteiger charge is -2.07. The van der Waals surface area contributed by atoms with Crippen LogP contribution in [0.2, 0.25) is 5.15 Å². The minimum absolute atomic E-state index is 0.0480. The van der Waals surface area contributed by atoms with Crippen LogP contribution in [0.3, 0.4) is 0 Å². The average molecular weight is 295 g/mol. The molecule has 0 aliphatic rings. The summed E-state index contributed by atoms with van der Waals surface area (Å²) < 4.78 is 22.9. The van der Waals surface area contributed by atoms with Crippen molar-refractivity contribution < 1.29 is 8.42 Å². The SMILES string of the molecule is CCc1c(Cl)[nH]c(=O)n(CCCS(C)(=O)=O)c1=O. The van der Waals surface area contributed by atoms with E-state index in [1.165, 1.54) is 0 Å². The Morgan fingerprint density at radius 2 is 1.94 bits per heavy atom. The van der Waals surface area contributed by atoms with Crippen molar-refractivity contribution in [3.8, 4) is 0 Å². The molecule has 0 aromatic carbocycles. The predicted octanol–water partition coefficient (Wildman–Crippen LogP) is 0.187. The molecule has 0 bridgehead atoms. The molecule has 1 N–H and O–H groups in total. The maximum Gasteiger partial charge on any atom is 0.329 e. The average Bonchev–Trinajstić information content (AvgIpc) is 2.21. The molecule has 0 aliphatic carbocycles. The Kier molecular flexibility index (Phi) is 4.75. The molecule has 1 rings (SSSR count). The summed E-state index contributed by atoms with van der Waals surface area (Å²) in [6, 6.07) is 0. The third-order valence-corrected chi connectivity index (χ3v) is 3.83. The van der Waals surface area contributed by atoms with Crippen LogP contribution < -0.4 is 11.2 Å².